The van der Waals surface area contributed by atoms with Gasteiger partial charge < -0.3 is 10.2 Å². The van der Waals surface area contributed by atoms with E-state index < -0.39 is 0 Å². The molecule has 0 radical (unpaired) electrons. The van der Waals surface area contributed by atoms with Gasteiger partial charge in [-0.3, -0.25) is 9.59 Å². The van der Waals surface area contributed by atoms with Gasteiger partial charge in [0.05, 0.1) is 0 Å². The molecule has 0 aromatic heterocycles. The van der Waals surface area contributed by atoms with Crippen molar-refractivity contribution in [3.8, 4) is 0 Å². The van der Waals surface area contributed by atoms with Gasteiger partial charge in [-0.15, -0.1) is 0 Å². The van der Waals surface area contributed by atoms with Gasteiger partial charge in [-0.1, -0.05) is 26.8 Å². The average Bonchev–Trinajstić information content (AvgIpc) is 2.47. The fourth-order valence-electron chi connectivity index (χ4n) is 2.50. The second kappa shape index (κ2) is 7.39. The predicted octanol–water partition coefficient (Wildman–Crippen LogP) is 3.57. The highest BCUT2D eigenvalue weighted by Crippen LogP contribution is 2.25. The Labute approximate surface area is 143 Å². The predicted molar refractivity (Wildman–Crippen MR) is 97.2 cm³/mol. The number of anilines is 1. The van der Waals surface area contributed by atoms with E-state index in [9.17, 15) is 9.59 Å². The molecule has 1 aromatic carbocycles. The maximum atomic E-state index is 12.2. The number of amides is 2. The van der Waals surface area contributed by atoms with Crippen LogP contribution in [0, 0.1) is 0 Å². The molecule has 23 heavy (non-hydrogen) atoms. The van der Waals surface area contributed by atoms with Gasteiger partial charge in [0, 0.05) is 36.0 Å². The Morgan fingerprint density at radius 3 is 2.78 bits per heavy atom. The molecule has 1 heterocycles. The van der Waals surface area contributed by atoms with E-state index in [1.807, 2.05) is 30.9 Å². The van der Waals surface area contributed by atoms with Crippen LogP contribution in [0.2, 0.25) is 0 Å². The van der Waals surface area contributed by atoms with Gasteiger partial charge in [-0.2, -0.15) is 11.8 Å². The number of nitrogens with zero attached hydrogens (tertiary/aromatic N) is 1. The first-order valence-corrected chi connectivity index (χ1v) is 9.07. The Balaban J connectivity index is 1.88. The monoisotopic (exact) mass is 334 g/mol. The van der Waals surface area contributed by atoms with Crippen molar-refractivity contribution in [1.82, 2.24) is 4.90 Å². The smallest absolute Gasteiger partial charge is 0.253 e. The lowest BCUT2D eigenvalue weighted by atomic mass is 9.98. The van der Waals surface area contributed by atoms with E-state index >= 15 is 0 Å². The zero-order chi connectivity index (χ0) is 17.0. The normalized spacial score (nSPS) is 14.6. The Morgan fingerprint density at radius 1 is 1.35 bits per heavy atom. The number of fused-ring (bicyclic) bond motifs is 1. The third kappa shape index (κ3) is 5.27. The Kier molecular flexibility index (Phi) is 5.74. The number of benzene rings is 1. The molecule has 1 aliphatic heterocycles. The van der Waals surface area contributed by atoms with Crippen LogP contribution >= 0.6 is 11.8 Å². The minimum absolute atomic E-state index is 0.0103. The maximum Gasteiger partial charge on any atom is 0.253 e. The Morgan fingerprint density at radius 2 is 2.09 bits per heavy atom. The van der Waals surface area contributed by atoms with Crippen molar-refractivity contribution in [2.45, 2.75) is 44.8 Å². The second-order valence-electron chi connectivity index (χ2n) is 6.96. The molecule has 1 aromatic rings. The van der Waals surface area contributed by atoms with Crippen LogP contribution in [0.25, 0.3) is 0 Å². The van der Waals surface area contributed by atoms with Gasteiger partial charge in [0.1, 0.15) is 0 Å². The molecule has 1 aliphatic rings. The van der Waals surface area contributed by atoms with Crippen LogP contribution in [0.1, 0.15) is 49.5 Å². The van der Waals surface area contributed by atoms with Crippen LogP contribution in [-0.4, -0.2) is 40.8 Å². The maximum absolute atomic E-state index is 12.2. The van der Waals surface area contributed by atoms with Crippen LogP contribution in [0.4, 0.5) is 5.69 Å². The molecule has 0 unspecified atom stereocenters. The number of rotatable bonds is 5. The van der Waals surface area contributed by atoms with Gasteiger partial charge in [-0.25, -0.2) is 0 Å². The summed E-state index contributed by atoms with van der Waals surface area (Å²) in [6.45, 7) is 7.29. The van der Waals surface area contributed by atoms with E-state index in [4.69, 9.17) is 0 Å². The summed E-state index contributed by atoms with van der Waals surface area (Å²) in [5.74, 6) is 1.02. The summed E-state index contributed by atoms with van der Waals surface area (Å²) in [4.78, 5) is 25.9. The molecule has 0 aliphatic carbocycles. The molecule has 5 heteroatoms. The Hall–Kier alpha value is -1.49. The van der Waals surface area contributed by atoms with Crippen LogP contribution in [-0.2, 0) is 11.2 Å². The van der Waals surface area contributed by atoms with Gasteiger partial charge in [0.25, 0.3) is 5.91 Å². The zero-order valence-electron chi connectivity index (χ0n) is 14.4. The molecule has 1 N–H and O–H groups in total. The SMILES string of the molecule is CN1CCc2ccc(NC(=O)CCCSC(C)(C)C)cc2C1=O. The average molecular weight is 334 g/mol. The highest BCUT2D eigenvalue weighted by Gasteiger charge is 2.21. The number of thioether (sulfide) groups is 1. The number of carbonyl (C=O) groups excluding carboxylic acids is 2. The van der Waals surface area contributed by atoms with E-state index in [1.54, 1.807) is 11.0 Å². The first-order valence-electron chi connectivity index (χ1n) is 8.08. The number of hydrogen-bond acceptors (Lipinski definition) is 3. The summed E-state index contributed by atoms with van der Waals surface area (Å²) in [6.07, 6.45) is 2.24. The molecule has 0 saturated heterocycles. The lowest BCUT2D eigenvalue weighted by molar-refractivity contribution is -0.116. The van der Waals surface area contributed by atoms with Crippen molar-refractivity contribution in [3.05, 3.63) is 29.3 Å². The molecule has 0 saturated carbocycles. The minimum atomic E-state index is 0.0103. The molecule has 126 valence electrons. The molecule has 4 nitrogen and oxygen atoms in total. The first-order chi connectivity index (χ1) is 10.8. The minimum Gasteiger partial charge on any atom is -0.341 e. The van der Waals surface area contributed by atoms with Crippen molar-refractivity contribution in [2.24, 2.45) is 0 Å². The summed E-state index contributed by atoms with van der Waals surface area (Å²) in [5, 5.41) is 2.91. The van der Waals surface area contributed by atoms with Gasteiger partial charge in [-0.05, 0) is 36.3 Å². The Bertz CT molecular complexity index is 593. The lowest BCUT2D eigenvalue weighted by Crippen LogP contribution is -2.34. The largest absolute Gasteiger partial charge is 0.341 e. The summed E-state index contributed by atoms with van der Waals surface area (Å²) in [6, 6.07) is 5.64. The molecule has 2 rings (SSSR count). The van der Waals surface area contributed by atoms with Crippen LogP contribution in [0.5, 0.6) is 0 Å². The van der Waals surface area contributed by atoms with E-state index in [2.05, 4.69) is 26.1 Å². The molecule has 0 atom stereocenters. The molecule has 0 spiro atoms. The molecule has 0 bridgehead atoms. The zero-order valence-corrected chi connectivity index (χ0v) is 15.3. The second-order valence-corrected chi connectivity index (χ2v) is 8.88. The van der Waals surface area contributed by atoms with Crippen molar-refractivity contribution in [2.75, 3.05) is 24.7 Å². The number of carbonyl (C=O) groups is 2. The highest BCUT2D eigenvalue weighted by molar-refractivity contribution is 8.00. The first kappa shape index (κ1) is 17.9. The number of nitrogens with one attached hydrogen (secondary N) is 1. The summed E-state index contributed by atoms with van der Waals surface area (Å²) < 4.78 is 0.237. The number of hydrogen-bond donors (Lipinski definition) is 1. The van der Waals surface area contributed by atoms with E-state index in [0.717, 1.165) is 30.7 Å². The molecule has 0 fully saturated rings. The van der Waals surface area contributed by atoms with Crippen molar-refractivity contribution >= 4 is 29.3 Å². The van der Waals surface area contributed by atoms with Crippen molar-refractivity contribution < 1.29 is 9.59 Å². The van der Waals surface area contributed by atoms with E-state index in [1.165, 1.54) is 0 Å². The molecular formula is C18H26N2O2S. The van der Waals surface area contributed by atoms with Crippen LogP contribution in [0.15, 0.2) is 18.2 Å². The number of likely N-dealkylation sites (N-methyl/N-ethyl adjacent to an activating group) is 1. The van der Waals surface area contributed by atoms with E-state index in [-0.39, 0.29) is 16.6 Å². The highest BCUT2D eigenvalue weighted by atomic mass is 32.2. The standard InChI is InChI=1S/C18H26N2O2S/c1-18(2,3)23-11-5-6-16(21)19-14-8-7-13-9-10-20(4)17(22)15(13)12-14/h7-8,12H,5-6,9-11H2,1-4H3,(H,19,21). The van der Waals surface area contributed by atoms with Gasteiger partial charge >= 0.3 is 0 Å². The van der Waals surface area contributed by atoms with Gasteiger partial charge in [0.15, 0.2) is 0 Å². The fourth-order valence-corrected chi connectivity index (χ4v) is 3.40. The van der Waals surface area contributed by atoms with Crippen LogP contribution in [0.3, 0.4) is 0 Å². The summed E-state index contributed by atoms with van der Waals surface area (Å²) in [7, 11) is 1.81. The van der Waals surface area contributed by atoms with E-state index in [0.29, 0.717) is 17.7 Å². The van der Waals surface area contributed by atoms with Gasteiger partial charge in [0.2, 0.25) is 5.91 Å². The third-order valence-corrected chi connectivity index (χ3v) is 5.13. The topological polar surface area (TPSA) is 49.4 Å². The van der Waals surface area contributed by atoms with Crippen LogP contribution < -0.4 is 5.32 Å². The van der Waals surface area contributed by atoms with Crippen molar-refractivity contribution in [1.29, 1.82) is 0 Å². The van der Waals surface area contributed by atoms with Crippen molar-refractivity contribution in [3.63, 3.8) is 0 Å². The quantitative estimate of drug-likeness (QED) is 0.838. The lowest BCUT2D eigenvalue weighted by Gasteiger charge is -2.25. The molecule has 2 amide bonds. The molecular weight excluding hydrogens is 308 g/mol. The summed E-state index contributed by atoms with van der Waals surface area (Å²) in [5.41, 5.74) is 2.48. The fraction of sp³-hybridized carbons (Fsp3) is 0.556. The third-order valence-electron chi connectivity index (χ3n) is 3.77. The summed E-state index contributed by atoms with van der Waals surface area (Å²) >= 11 is 1.87.